The topological polar surface area (TPSA) is 26.3 Å². The van der Waals surface area contributed by atoms with Crippen LogP contribution in [0.25, 0.3) is 0 Å². The molecule has 0 saturated heterocycles. The third-order valence-corrected chi connectivity index (χ3v) is 4.01. The van der Waals surface area contributed by atoms with Gasteiger partial charge in [-0.3, -0.25) is 4.79 Å². The van der Waals surface area contributed by atoms with E-state index in [4.69, 9.17) is 4.74 Å². The predicted molar refractivity (Wildman–Crippen MR) is 101 cm³/mol. The zero-order chi connectivity index (χ0) is 17.2. The lowest BCUT2D eigenvalue weighted by Crippen LogP contribution is -2.10. The van der Waals surface area contributed by atoms with Crippen molar-refractivity contribution in [3.8, 4) is 0 Å². The fourth-order valence-electron chi connectivity index (χ4n) is 2.66. The number of carbonyl (C=O) groups is 1. The van der Waals surface area contributed by atoms with Crippen LogP contribution in [0.2, 0.25) is 0 Å². The van der Waals surface area contributed by atoms with Gasteiger partial charge < -0.3 is 4.74 Å². The number of unbranched alkanes of at least 4 members (excludes halogenated alkanes) is 11. The first-order valence-corrected chi connectivity index (χ1v) is 10.0. The average Bonchev–Trinajstić information content (AvgIpc) is 2.50. The van der Waals surface area contributed by atoms with Crippen molar-refractivity contribution in [2.24, 2.45) is 0 Å². The Kier molecular flexibility index (Phi) is 17.0. The Morgan fingerprint density at radius 3 is 1.78 bits per heavy atom. The molecule has 0 aliphatic heterocycles. The zero-order valence-corrected chi connectivity index (χ0v) is 15.9. The van der Waals surface area contributed by atoms with E-state index in [2.05, 4.69) is 19.1 Å². The fourth-order valence-corrected chi connectivity index (χ4v) is 2.66. The van der Waals surface area contributed by atoms with Crippen LogP contribution in [0.4, 0.5) is 0 Å². The van der Waals surface area contributed by atoms with Crippen LogP contribution in [0, 0.1) is 0 Å². The standard InChI is InChI=1S/C21H40O2/c1-4-5-6-7-8-9-10-11-12-13-14-15-16-17-18-19-21(22)23-20(2)3/h11-12,20H,4-10,13-19H2,1-3H3/b12-11-. The minimum absolute atomic E-state index is 0.0191. The molecule has 2 nitrogen and oxygen atoms in total. The first-order valence-electron chi connectivity index (χ1n) is 10.0. The van der Waals surface area contributed by atoms with E-state index in [0.717, 1.165) is 12.8 Å². The molecule has 0 aromatic heterocycles. The first kappa shape index (κ1) is 22.2. The third kappa shape index (κ3) is 19.2. The van der Waals surface area contributed by atoms with Gasteiger partial charge in [0, 0.05) is 6.42 Å². The van der Waals surface area contributed by atoms with E-state index in [1.54, 1.807) is 0 Å². The van der Waals surface area contributed by atoms with Gasteiger partial charge >= 0.3 is 5.97 Å². The van der Waals surface area contributed by atoms with Gasteiger partial charge in [-0.2, -0.15) is 0 Å². The maximum atomic E-state index is 11.4. The van der Waals surface area contributed by atoms with E-state index in [1.165, 1.54) is 70.6 Å². The fraction of sp³-hybridized carbons (Fsp3) is 0.857. The van der Waals surface area contributed by atoms with Crippen LogP contribution < -0.4 is 0 Å². The lowest BCUT2D eigenvalue weighted by atomic mass is 10.1. The molecule has 0 fully saturated rings. The molecule has 0 bridgehead atoms. The number of esters is 1. The third-order valence-electron chi connectivity index (χ3n) is 4.01. The minimum Gasteiger partial charge on any atom is -0.463 e. The van der Waals surface area contributed by atoms with Crippen molar-refractivity contribution in [2.45, 2.75) is 117 Å². The smallest absolute Gasteiger partial charge is 0.306 e. The summed E-state index contributed by atoms with van der Waals surface area (Å²) in [7, 11) is 0. The summed E-state index contributed by atoms with van der Waals surface area (Å²) in [5.74, 6) is -0.0439. The number of hydrogen-bond donors (Lipinski definition) is 0. The molecule has 0 spiro atoms. The first-order chi connectivity index (χ1) is 11.2. The van der Waals surface area contributed by atoms with Gasteiger partial charge in [-0.15, -0.1) is 0 Å². The van der Waals surface area contributed by atoms with Gasteiger partial charge in [0.2, 0.25) is 0 Å². The second kappa shape index (κ2) is 17.6. The summed E-state index contributed by atoms with van der Waals surface area (Å²) in [5.41, 5.74) is 0. The highest BCUT2D eigenvalue weighted by Crippen LogP contribution is 2.10. The molecule has 0 heterocycles. The summed E-state index contributed by atoms with van der Waals surface area (Å²) in [6.07, 6.45) is 22.0. The molecular weight excluding hydrogens is 284 g/mol. The molecule has 0 aliphatic carbocycles. The van der Waals surface area contributed by atoms with Gasteiger partial charge in [0.05, 0.1) is 6.10 Å². The van der Waals surface area contributed by atoms with E-state index in [1.807, 2.05) is 13.8 Å². The van der Waals surface area contributed by atoms with Crippen LogP contribution in [0.5, 0.6) is 0 Å². The summed E-state index contributed by atoms with van der Waals surface area (Å²) in [5, 5.41) is 0. The average molecular weight is 325 g/mol. The lowest BCUT2D eigenvalue weighted by Gasteiger charge is -2.07. The predicted octanol–water partition coefficient (Wildman–Crippen LogP) is 6.98. The van der Waals surface area contributed by atoms with E-state index >= 15 is 0 Å². The van der Waals surface area contributed by atoms with Crippen molar-refractivity contribution in [1.82, 2.24) is 0 Å². The molecule has 0 atom stereocenters. The molecular formula is C21H40O2. The molecule has 0 aromatic carbocycles. The molecule has 0 unspecified atom stereocenters. The van der Waals surface area contributed by atoms with Crippen molar-refractivity contribution >= 4 is 5.97 Å². The maximum absolute atomic E-state index is 11.4. The maximum Gasteiger partial charge on any atom is 0.306 e. The Balaban J connectivity index is 3.18. The summed E-state index contributed by atoms with van der Waals surface area (Å²) >= 11 is 0. The molecule has 0 aliphatic rings. The molecule has 136 valence electrons. The highest BCUT2D eigenvalue weighted by Gasteiger charge is 2.04. The molecule has 0 amide bonds. The summed E-state index contributed by atoms with van der Waals surface area (Å²) < 4.78 is 5.12. The van der Waals surface area contributed by atoms with Gasteiger partial charge in [-0.25, -0.2) is 0 Å². The van der Waals surface area contributed by atoms with Gasteiger partial charge in [-0.1, -0.05) is 70.4 Å². The Hall–Kier alpha value is -0.790. The molecule has 0 rings (SSSR count). The largest absolute Gasteiger partial charge is 0.463 e. The summed E-state index contributed by atoms with van der Waals surface area (Å²) in [6.45, 7) is 6.07. The number of rotatable bonds is 16. The highest BCUT2D eigenvalue weighted by atomic mass is 16.5. The molecule has 0 N–H and O–H groups in total. The van der Waals surface area contributed by atoms with Crippen molar-refractivity contribution in [3.63, 3.8) is 0 Å². The van der Waals surface area contributed by atoms with E-state index in [0.29, 0.717) is 6.42 Å². The molecule has 23 heavy (non-hydrogen) atoms. The van der Waals surface area contributed by atoms with Crippen molar-refractivity contribution in [2.75, 3.05) is 0 Å². The molecule has 0 radical (unpaired) electrons. The van der Waals surface area contributed by atoms with Gasteiger partial charge in [0.15, 0.2) is 0 Å². The quantitative estimate of drug-likeness (QED) is 0.174. The van der Waals surface area contributed by atoms with E-state index < -0.39 is 0 Å². The summed E-state index contributed by atoms with van der Waals surface area (Å²) in [4.78, 5) is 11.4. The van der Waals surface area contributed by atoms with Crippen molar-refractivity contribution in [3.05, 3.63) is 12.2 Å². The van der Waals surface area contributed by atoms with E-state index in [-0.39, 0.29) is 12.1 Å². The van der Waals surface area contributed by atoms with Crippen LogP contribution >= 0.6 is 0 Å². The number of carbonyl (C=O) groups excluding carboxylic acids is 1. The second-order valence-corrected chi connectivity index (χ2v) is 6.87. The summed E-state index contributed by atoms with van der Waals surface area (Å²) in [6, 6.07) is 0. The Morgan fingerprint density at radius 2 is 1.26 bits per heavy atom. The monoisotopic (exact) mass is 324 g/mol. The van der Waals surface area contributed by atoms with Crippen LogP contribution in [0.1, 0.15) is 111 Å². The highest BCUT2D eigenvalue weighted by molar-refractivity contribution is 5.69. The number of ether oxygens (including phenoxy) is 1. The molecule has 0 saturated carbocycles. The van der Waals surface area contributed by atoms with E-state index in [9.17, 15) is 4.79 Å². The lowest BCUT2D eigenvalue weighted by molar-refractivity contribution is -0.147. The normalized spacial score (nSPS) is 11.5. The van der Waals surface area contributed by atoms with Crippen LogP contribution in [-0.4, -0.2) is 12.1 Å². The Labute approximate surface area is 145 Å². The van der Waals surface area contributed by atoms with Crippen molar-refractivity contribution < 1.29 is 9.53 Å². The van der Waals surface area contributed by atoms with Crippen LogP contribution in [-0.2, 0) is 9.53 Å². The Morgan fingerprint density at radius 1 is 0.783 bits per heavy atom. The molecule has 0 aromatic rings. The minimum atomic E-state index is -0.0439. The van der Waals surface area contributed by atoms with Gasteiger partial charge in [0.1, 0.15) is 0 Å². The van der Waals surface area contributed by atoms with Crippen LogP contribution in [0.3, 0.4) is 0 Å². The second-order valence-electron chi connectivity index (χ2n) is 6.87. The SMILES string of the molecule is CCCCCCCC/C=C\CCCCCCCC(=O)OC(C)C. The number of hydrogen-bond acceptors (Lipinski definition) is 2. The number of allylic oxidation sites excluding steroid dienone is 2. The zero-order valence-electron chi connectivity index (χ0n) is 15.9. The van der Waals surface area contributed by atoms with Crippen molar-refractivity contribution in [1.29, 1.82) is 0 Å². The van der Waals surface area contributed by atoms with Crippen LogP contribution in [0.15, 0.2) is 12.2 Å². The van der Waals surface area contributed by atoms with Gasteiger partial charge in [-0.05, 0) is 46.0 Å². The molecule has 2 heteroatoms. The van der Waals surface area contributed by atoms with Gasteiger partial charge in [0.25, 0.3) is 0 Å². The Bertz CT molecular complexity index is 282.